The maximum atomic E-state index is 4.32. The molecule has 112 valence electrons. The van der Waals surface area contributed by atoms with Crippen LogP contribution in [0.3, 0.4) is 0 Å². The third-order valence-corrected chi connectivity index (χ3v) is 5.64. The van der Waals surface area contributed by atoms with E-state index in [0.717, 1.165) is 35.2 Å². The number of anilines is 1. The Morgan fingerprint density at radius 3 is 2.80 bits per heavy atom. The van der Waals surface area contributed by atoms with Gasteiger partial charge in [0.1, 0.15) is 5.01 Å². The first-order valence-corrected chi connectivity index (χ1v) is 8.83. The van der Waals surface area contributed by atoms with Crippen LogP contribution in [0, 0.1) is 12.8 Å². The van der Waals surface area contributed by atoms with Crippen molar-refractivity contribution < 1.29 is 0 Å². The van der Waals surface area contributed by atoms with E-state index in [1.807, 2.05) is 6.92 Å². The van der Waals surface area contributed by atoms with Crippen molar-refractivity contribution in [1.82, 2.24) is 15.1 Å². The molecule has 0 aliphatic carbocycles. The summed E-state index contributed by atoms with van der Waals surface area (Å²) < 4.78 is 0. The van der Waals surface area contributed by atoms with Crippen LogP contribution in [-0.2, 0) is 0 Å². The Morgan fingerprint density at radius 2 is 2.05 bits per heavy atom. The number of rotatable bonds is 3. The van der Waals surface area contributed by atoms with E-state index in [-0.39, 0.29) is 0 Å². The molecule has 4 nitrogen and oxygen atoms in total. The minimum Gasteiger partial charge on any atom is -0.346 e. The van der Waals surface area contributed by atoms with Crippen molar-refractivity contribution in [2.75, 3.05) is 31.1 Å². The number of aryl methyl sites for hydroxylation is 1. The lowest BCUT2D eigenvalue weighted by molar-refractivity contribution is 0.130. The minimum atomic E-state index is 0.780. The zero-order chi connectivity index (χ0) is 13.9. The summed E-state index contributed by atoms with van der Waals surface area (Å²) in [6.45, 7) is 9.33. The zero-order valence-electron chi connectivity index (χ0n) is 12.7. The fourth-order valence-corrected chi connectivity index (χ4v) is 4.28. The molecule has 2 saturated heterocycles. The molecule has 3 rings (SSSR count). The lowest BCUT2D eigenvalue weighted by Gasteiger charge is -2.39. The van der Waals surface area contributed by atoms with Crippen LogP contribution in [-0.4, -0.2) is 47.3 Å². The Balaban J connectivity index is 1.57. The Hall–Kier alpha value is -0.680. The van der Waals surface area contributed by atoms with Gasteiger partial charge in [0.25, 0.3) is 0 Å². The van der Waals surface area contributed by atoms with Crippen LogP contribution in [0.15, 0.2) is 0 Å². The topological polar surface area (TPSA) is 32.3 Å². The molecule has 2 fully saturated rings. The molecule has 0 amide bonds. The maximum Gasteiger partial charge on any atom is 0.208 e. The van der Waals surface area contributed by atoms with Crippen molar-refractivity contribution in [1.29, 1.82) is 0 Å². The summed E-state index contributed by atoms with van der Waals surface area (Å²) in [4.78, 5) is 5.16. The van der Waals surface area contributed by atoms with Crippen molar-refractivity contribution in [2.45, 2.75) is 52.0 Å². The van der Waals surface area contributed by atoms with Gasteiger partial charge in [0, 0.05) is 25.7 Å². The second kappa shape index (κ2) is 6.39. The normalized spacial score (nSPS) is 28.8. The van der Waals surface area contributed by atoms with E-state index in [2.05, 4.69) is 26.9 Å². The van der Waals surface area contributed by atoms with Gasteiger partial charge >= 0.3 is 0 Å². The largest absolute Gasteiger partial charge is 0.346 e. The fourth-order valence-electron chi connectivity index (χ4n) is 3.56. The molecule has 2 aliphatic heterocycles. The molecule has 5 heteroatoms. The van der Waals surface area contributed by atoms with Gasteiger partial charge in [-0.25, -0.2) is 0 Å². The summed E-state index contributed by atoms with van der Waals surface area (Å²) in [6, 6.07) is 0.780. The Morgan fingerprint density at radius 1 is 1.15 bits per heavy atom. The molecule has 2 aliphatic rings. The van der Waals surface area contributed by atoms with Gasteiger partial charge in [-0.2, -0.15) is 0 Å². The number of aromatic nitrogens is 2. The van der Waals surface area contributed by atoms with Gasteiger partial charge in [-0.05, 0) is 52.0 Å². The first kappa shape index (κ1) is 14.3. The summed E-state index contributed by atoms with van der Waals surface area (Å²) in [5, 5.41) is 10.7. The molecule has 1 aromatic heterocycles. The predicted octanol–water partition coefficient (Wildman–Crippen LogP) is 2.94. The molecule has 0 saturated carbocycles. The molecule has 2 unspecified atom stereocenters. The number of piperidine rings is 2. The van der Waals surface area contributed by atoms with Gasteiger partial charge < -0.3 is 9.80 Å². The Bertz CT molecular complexity index is 433. The highest BCUT2D eigenvalue weighted by Gasteiger charge is 2.26. The standard InChI is InChI=1S/C15H26N4S/c1-12-6-3-4-8-18(12)10-14-7-5-9-19(11-14)15-17-16-13(2)20-15/h12,14H,3-11H2,1-2H3. The summed E-state index contributed by atoms with van der Waals surface area (Å²) in [5.41, 5.74) is 0. The number of hydrogen-bond donors (Lipinski definition) is 0. The van der Waals surface area contributed by atoms with Crippen molar-refractivity contribution in [2.24, 2.45) is 5.92 Å². The molecular formula is C15H26N4S. The van der Waals surface area contributed by atoms with Gasteiger partial charge in [-0.1, -0.05) is 17.8 Å². The van der Waals surface area contributed by atoms with Crippen LogP contribution in [0.2, 0.25) is 0 Å². The van der Waals surface area contributed by atoms with Crippen molar-refractivity contribution in [3.63, 3.8) is 0 Å². The summed E-state index contributed by atoms with van der Waals surface area (Å²) in [7, 11) is 0. The first-order chi connectivity index (χ1) is 9.72. The van der Waals surface area contributed by atoms with E-state index in [1.165, 1.54) is 45.2 Å². The number of nitrogens with zero attached hydrogens (tertiary/aromatic N) is 4. The molecule has 0 N–H and O–H groups in total. The van der Waals surface area contributed by atoms with Crippen LogP contribution in [0.25, 0.3) is 0 Å². The van der Waals surface area contributed by atoms with E-state index < -0.39 is 0 Å². The number of hydrogen-bond acceptors (Lipinski definition) is 5. The van der Waals surface area contributed by atoms with E-state index >= 15 is 0 Å². The van der Waals surface area contributed by atoms with Crippen molar-refractivity contribution in [3.05, 3.63) is 5.01 Å². The van der Waals surface area contributed by atoms with Gasteiger partial charge in [0.05, 0.1) is 0 Å². The monoisotopic (exact) mass is 294 g/mol. The highest BCUT2D eigenvalue weighted by atomic mass is 32.1. The molecule has 0 spiro atoms. The average Bonchev–Trinajstić information content (AvgIpc) is 2.89. The van der Waals surface area contributed by atoms with Gasteiger partial charge in [0.15, 0.2) is 0 Å². The lowest BCUT2D eigenvalue weighted by atomic mass is 9.95. The lowest BCUT2D eigenvalue weighted by Crippen LogP contribution is -2.45. The molecule has 20 heavy (non-hydrogen) atoms. The maximum absolute atomic E-state index is 4.32. The molecule has 0 bridgehead atoms. The van der Waals surface area contributed by atoms with E-state index in [4.69, 9.17) is 0 Å². The second-order valence-electron chi connectivity index (χ2n) is 6.40. The molecule has 3 heterocycles. The summed E-state index contributed by atoms with van der Waals surface area (Å²) in [5.74, 6) is 0.800. The van der Waals surface area contributed by atoms with Crippen LogP contribution in [0.5, 0.6) is 0 Å². The van der Waals surface area contributed by atoms with Gasteiger partial charge in [0.2, 0.25) is 5.13 Å². The van der Waals surface area contributed by atoms with Crippen molar-refractivity contribution >= 4 is 16.5 Å². The highest BCUT2D eigenvalue weighted by Crippen LogP contribution is 2.27. The average molecular weight is 294 g/mol. The summed E-state index contributed by atoms with van der Waals surface area (Å²) in [6.07, 6.45) is 6.85. The van der Waals surface area contributed by atoms with E-state index in [0.29, 0.717) is 0 Å². The summed E-state index contributed by atoms with van der Waals surface area (Å²) >= 11 is 1.73. The van der Waals surface area contributed by atoms with Crippen LogP contribution < -0.4 is 4.90 Å². The zero-order valence-corrected chi connectivity index (χ0v) is 13.5. The quantitative estimate of drug-likeness (QED) is 0.858. The van der Waals surface area contributed by atoms with Gasteiger partial charge in [-0.3, -0.25) is 0 Å². The third kappa shape index (κ3) is 3.31. The highest BCUT2D eigenvalue weighted by molar-refractivity contribution is 7.15. The Labute approximate surface area is 126 Å². The molecule has 0 radical (unpaired) electrons. The fraction of sp³-hybridized carbons (Fsp3) is 0.867. The molecule has 1 aromatic rings. The van der Waals surface area contributed by atoms with E-state index in [9.17, 15) is 0 Å². The number of likely N-dealkylation sites (tertiary alicyclic amines) is 1. The first-order valence-electron chi connectivity index (χ1n) is 8.01. The molecular weight excluding hydrogens is 268 g/mol. The SMILES string of the molecule is Cc1nnc(N2CCCC(CN3CCCCC3C)C2)s1. The second-order valence-corrected chi connectivity index (χ2v) is 7.56. The Kier molecular flexibility index (Phi) is 4.56. The minimum absolute atomic E-state index is 0.780. The third-order valence-electron chi connectivity index (χ3n) is 4.74. The van der Waals surface area contributed by atoms with Crippen LogP contribution >= 0.6 is 11.3 Å². The van der Waals surface area contributed by atoms with Crippen molar-refractivity contribution in [3.8, 4) is 0 Å². The molecule has 2 atom stereocenters. The molecule has 0 aromatic carbocycles. The predicted molar refractivity (Wildman–Crippen MR) is 84.5 cm³/mol. The van der Waals surface area contributed by atoms with E-state index in [1.54, 1.807) is 11.3 Å². The van der Waals surface area contributed by atoms with Crippen LogP contribution in [0.1, 0.15) is 44.0 Å². The smallest absolute Gasteiger partial charge is 0.208 e. The van der Waals surface area contributed by atoms with Gasteiger partial charge in [-0.15, -0.1) is 10.2 Å². The van der Waals surface area contributed by atoms with Crippen LogP contribution in [0.4, 0.5) is 5.13 Å².